The van der Waals surface area contributed by atoms with Crippen molar-refractivity contribution in [3.05, 3.63) is 63.6 Å². The number of aryl methyl sites for hydroxylation is 1. The first-order valence-corrected chi connectivity index (χ1v) is 11.1. The summed E-state index contributed by atoms with van der Waals surface area (Å²) >= 11 is 0. The highest BCUT2D eigenvalue weighted by Gasteiger charge is 2.48. The number of amides is 3. The van der Waals surface area contributed by atoms with Gasteiger partial charge in [-0.15, -0.1) is 0 Å². The van der Waals surface area contributed by atoms with E-state index in [0.29, 0.717) is 5.52 Å². The van der Waals surface area contributed by atoms with Crippen LogP contribution in [0.3, 0.4) is 0 Å². The Kier molecular flexibility index (Phi) is 5.42. The summed E-state index contributed by atoms with van der Waals surface area (Å²) in [4.78, 5) is 52.5. The summed E-state index contributed by atoms with van der Waals surface area (Å²) in [5.74, 6) is -4.70. The van der Waals surface area contributed by atoms with E-state index in [1.54, 1.807) is 0 Å². The molecule has 0 spiro atoms. The lowest BCUT2D eigenvalue weighted by Crippen LogP contribution is -2.60. The number of aromatic nitrogens is 1. The van der Waals surface area contributed by atoms with Gasteiger partial charge in [0.2, 0.25) is 5.91 Å². The molecule has 1 aromatic heterocycles. The van der Waals surface area contributed by atoms with Gasteiger partial charge in [0, 0.05) is 18.8 Å². The maximum atomic E-state index is 13.6. The van der Waals surface area contributed by atoms with Gasteiger partial charge in [-0.25, -0.2) is 9.59 Å². The second-order valence-electron chi connectivity index (χ2n) is 8.85. The number of rotatable bonds is 3. The number of hydrogen-bond donors (Lipinski definition) is 1. The van der Waals surface area contributed by atoms with Gasteiger partial charge in [0.1, 0.15) is 0 Å². The Morgan fingerprint density at radius 1 is 1.14 bits per heavy atom. The number of carbonyl (C=O) groups is 3. The number of urea groups is 1. The molecule has 36 heavy (non-hydrogen) atoms. The Labute approximate surface area is 201 Å². The molecule has 0 radical (unpaired) electrons. The van der Waals surface area contributed by atoms with Crippen LogP contribution < -0.4 is 10.7 Å². The minimum atomic E-state index is -4.62. The van der Waals surface area contributed by atoms with Crippen molar-refractivity contribution >= 4 is 34.7 Å². The summed E-state index contributed by atoms with van der Waals surface area (Å²) in [6.45, 7) is -0.478. The molecule has 1 aliphatic heterocycles. The van der Waals surface area contributed by atoms with Crippen molar-refractivity contribution < 1.29 is 37.1 Å². The van der Waals surface area contributed by atoms with Crippen molar-refractivity contribution in [3.8, 4) is 0 Å². The average Bonchev–Trinajstić information content (AvgIpc) is 3.10. The van der Waals surface area contributed by atoms with E-state index in [-0.39, 0.29) is 41.7 Å². The molecule has 2 heterocycles. The normalized spacial score (nSPS) is 20.7. The van der Waals surface area contributed by atoms with Crippen LogP contribution in [0.1, 0.15) is 35.6 Å². The lowest BCUT2D eigenvalue weighted by Gasteiger charge is -2.42. The topological polar surface area (TPSA) is 113 Å². The van der Waals surface area contributed by atoms with Gasteiger partial charge in [-0.2, -0.15) is 13.2 Å². The number of carbonyl (C=O) groups excluding carboxylic acids is 2. The zero-order valence-corrected chi connectivity index (χ0v) is 18.9. The Bertz CT molecular complexity index is 1470. The van der Waals surface area contributed by atoms with Gasteiger partial charge < -0.3 is 9.52 Å². The molecule has 1 N–H and O–H groups in total. The number of aliphatic carboxylic acids is 1. The average molecular weight is 503 g/mol. The Balaban J connectivity index is 1.61. The Hall–Kier alpha value is -4.09. The molecule has 9 nitrogen and oxygen atoms in total. The monoisotopic (exact) mass is 503 g/mol. The SMILES string of the molecule is Cn1c(=O)oc2cc(N3CC(C(=O)O)C(=O)N(C4CCCc5c4cccc5C(F)(F)F)C3=O)ccc21. The largest absolute Gasteiger partial charge is 0.481 e. The second-order valence-corrected chi connectivity index (χ2v) is 8.85. The number of benzene rings is 2. The van der Waals surface area contributed by atoms with E-state index in [1.165, 1.54) is 41.9 Å². The summed E-state index contributed by atoms with van der Waals surface area (Å²) in [6.07, 6.45) is -4.03. The van der Waals surface area contributed by atoms with Crippen molar-refractivity contribution in [2.24, 2.45) is 13.0 Å². The number of fused-ring (bicyclic) bond motifs is 2. The number of nitrogens with zero attached hydrogens (tertiary/aromatic N) is 3. The highest BCUT2D eigenvalue weighted by atomic mass is 19.4. The molecule has 0 saturated carbocycles. The summed E-state index contributed by atoms with van der Waals surface area (Å²) < 4.78 is 47.3. The van der Waals surface area contributed by atoms with Crippen LogP contribution in [-0.2, 0) is 29.2 Å². The lowest BCUT2D eigenvalue weighted by molar-refractivity contribution is -0.151. The summed E-state index contributed by atoms with van der Waals surface area (Å²) in [5, 5.41) is 9.74. The number of imide groups is 1. The third-order valence-electron chi connectivity index (χ3n) is 6.82. The first-order chi connectivity index (χ1) is 17.0. The maximum Gasteiger partial charge on any atom is 0.419 e. The quantitative estimate of drug-likeness (QED) is 0.546. The van der Waals surface area contributed by atoms with E-state index < -0.39 is 53.9 Å². The fourth-order valence-electron chi connectivity index (χ4n) is 5.07. The van der Waals surface area contributed by atoms with E-state index in [0.717, 1.165) is 15.9 Å². The zero-order valence-electron chi connectivity index (χ0n) is 18.9. The van der Waals surface area contributed by atoms with Crippen LogP contribution in [0, 0.1) is 5.92 Å². The number of halogens is 3. The molecule has 2 aliphatic rings. The molecule has 2 unspecified atom stereocenters. The Morgan fingerprint density at radius 2 is 1.89 bits per heavy atom. The highest BCUT2D eigenvalue weighted by molar-refractivity contribution is 6.12. The second kappa shape index (κ2) is 8.25. The predicted octanol–water partition coefficient (Wildman–Crippen LogP) is 3.70. The number of anilines is 1. The fraction of sp³-hybridized carbons (Fsp3) is 0.333. The Morgan fingerprint density at radius 3 is 2.58 bits per heavy atom. The van der Waals surface area contributed by atoms with Gasteiger partial charge in [-0.05, 0) is 48.6 Å². The molecule has 1 fully saturated rings. The molecular formula is C24H20F3N3O6. The van der Waals surface area contributed by atoms with E-state index >= 15 is 0 Å². The van der Waals surface area contributed by atoms with Crippen LogP contribution in [0.5, 0.6) is 0 Å². The first kappa shape index (κ1) is 23.6. The minimum absolute atomic E-state index is 0.00155. The van der Waals surface area contributed by atoms with Crippen molar-refractivity contribution in [3.63, 3.8) is 0 Å². The molecule has 3 aromatic rings. The van der Waals surface area contributed by atoms with E-state index in [9.17, 15) is 37.5 Å². The van der Waals surface area contributed by atoms with Crippen molar-refractivity contribution in [2.45, 2.75) is 31.5 Å². The van der Waals surface area contributed by atoms with Crippen LogP contribution in [-0.4, -0.2) is 39.0 Å². The molecule has 0 bridgehead atoms. The molecule has 2 atom stereocenters. The number of carboxylic acid groups (broad SMARTS) is 1. The molecule has 1 saturated heterocycles. The molecule has 1 aliphatic carbocycles. The molecule has 3 amide bonds. The van der Waals surface area contributed by atoms with Crippen LogP contribution >= 0.6 is 0 Å². The van der Waals surface area contributed by atoms with Crippen molar-refractivity contribution in [1.29, 1.82) is 0 Å². The van der Waals surface area contributed by atoms with Crippen LogP contribution in [0.15, 0.2) is 45.6 Å². The van der Waals surface area contributed by atoms with E-state index in [4.69, 9.17) is 4.42 Å². The molecule has 188 valence electrons. The number of hydrogen-bond acceptors (Lipinski definition) is 5. The van der Waals surface area contributed by atoms with Gasteiger partial charge in [-0.1, -0.05) is 12.1 Å². The number of carboxylic acids is 1. The predicted molar refractivity (Wildman–Crippen MR) is 119 cm³/mol. The lowest BCUT2D eigenvalue weighted by atomic mass is 9.83. The van der Waals surface area contributed by atoms with Gasteiger partial charge in [0.15, 0.2) is 11.5 Å². The molecule has 5 rings (SSSR count). The summed E-state index contributed by atoms with van der Waals surface area (Å²) in [7, 11) is 1.50. The van der Waals surface area contributed by atoms with Gasteiger partial charge in [0.25, 0.3) is 0 Å². The standard InChI is InChI=1S/C24H20F3N3O6/c1-28-18-9-8-12(10-19(18)36-23(28)35)29-11-15(21(32)33)20(31)30(22(29)34)17-7-3-4-13-14(17)5-2-6-16(13)24(25,26)27/h2,5-6,8-10,15,17H,3-4,7,11H2,1H3,(H,32,33). The molecule has 12 heteroatoms. The van der Waals surface area contributed by atoms with Crippen molar-refractivity contribution in [2.75, 3.05) is 11.4 Å². The number of alkyl halides is 3. The third kappa shape index (κ3) is 3.64. The van der Waals surface area contributed by atoms with Crippen LogP contribution in [0.25, 0.3) is 11.1 Å². The first-order valence-electron chi connectivity index (χ1n) is 11.1. The summed E-state index contributed by atoms with van der Waals surface area (Å²) in [6, 6.07) is 6.09. The van der Waals surface area contributed by atoms with Gasteiger partial charge >= 0.3 is 23.9 Å². The van der Waals surface area contributed by atoms with Crippen LogP contribution in [0.2, 0.25) is 0 Å². The third-order valence-corrected chi connectivity index (χ3v) is 6.82. The zero-order chi connectivity index (χ0) is 25.9. The fourth-order valence-corrected chi connectivity index (χ4v) is 5.07. The van der Waals surface area contributed by atoms with Crippen molar-refractivity contribution in [1.82, 2.24) is 9.47 Å². The summed E-state index contributed by atoms with van der Waals surface area (Å²) in [5.41, 5.74) is 0.118. The maximum absolute atomic E-state index is 13.6. The van der Waals surface area contributed by atoms with Gasteiger partial charge in [-0.3, -0.25) is 24.0 Å². The minimum Gasteiger partial charge on any atom is -0.481 e. The van der Waals surface area contributed by atoms with Gasteiger partial charge in [0.05, 0.1) is 23.7 Å². The number of oxazole rings is 1. The van der Waals surface area contributed by atoms with E-state index in [1.807, 2.05) is 0 Å². The van der Waals surface area contributed by atoms with Crippen LogP contribution in [0.4, 0.5) is 23.7 Å². The smallest absolute Gasteiger partial charge is 0.419 e. The molecular weight excluding hydrogens is 483 g/mol. The highest BCUT2D eigenvalue weighted by Crippen LogP contribution is 2.43. The molecule has 2 aromatic carbocycles. The van der Waals surface area contributed by atoms with E-state index in [2.05, 4.69) is 0 Å².